The van der Waals surface area contributed by atoms with Crippen LogP contribution in [0.15, 0.2) is 55.0 Å². The SMILES string of the molecule is Cc1c[nH]c(C)c1-c1ccc(NC(=O)[C@@H](NC(=O)c2ccnn2C)C2c3ccc(F)cc3CC23CC3)cn1. The molecule has 2 atom stereocenters. The molecule has 2 aliphatic carbocycles. The number of hydrogen-bond donors (Lipinski definition) is 3. The fraction of sp³-hybridized carbons (Fsp3) is 0.310. The molecule has 0 aliphatic heterocycles. The summed E-state index contributed by atoms with van der Waals surface area (Å²) in [5.74, 6) is -1.28. The highest BCUT2D eigenvalue weighted by atomic mass is 19.1. The van der Waals surface area contributed by atoms with Crippen LogP contribution in [0.25, 0.3) is 11.3 Å². The maximum atomic E-state index is 14.1. The van der Waals surface area contributed by atoms with Gasteiger partial charge in [-0.2, -0.15) is 5.10 Å². The fourth-order valence-corrected chi connectivity index (χ4v) is 6.03. The molecule has 0 bridgehead atoms. The summed E-state index contributed by atoms with van der Waals surface area (Å²) in [6.07, 6.45) is 7.65. The van der Waals surface area contributed by atoms with E-state index in [2.05, 4.69) is 25.7 Å². The molecule has 1 saturated carbocycles. The van der Waals surface area contributed by atoms with Crippen LogP contribution in [0.2, 0.25) is 0 Å². The van der Waals surface area contributed by atoms with E-state index in [1.807, 2.05) is 32.2 Å². The van der Waals surface area contributed by atoms with Gasteiger partial charge < -0.3 is 15.6 Å². The number of amides is 2. The molecule has 3 aromatic heterocycles. The summed E-state index contributed by atoms with van der Waals surface area (Å²) in [5.41, 5.74) is 6.51. The minimum atomic E-state index is -0.861. The number of nitrogens with one attached hydrogen (secondary N) is 3. The monoisotopic (exact) mass is 512 g/mol. The van der Waals surface area contributed by atoms with Crippen LogP contribution in [-0.2, 0) is 18.3 Å². The molecule has 9 heteroatoms. The van der Waals surface area contributed by atoms with Crippen LogP contribution in [0.5, 0.6) is 0 Å². The Morgan fingerprint density at radius 1 is 1.18 bits per heavy atom. The van der Waals surface area contributed by atoms with Gasteiger partial charge in [-0.25, -0.2) is 4.39 Å². The molecule has 3 N–H and O–H groups in total. The molecular formula is C29H29FN6O2. The normalized spacial score (nSPS) is 17.7. The number of H-pyrrole nitrogens is 1. The van der Waals surface area contributed by atoms with Crippen LogP contribution >= 0.6 is 0 Å². The molecular weight excluding hydrogens is 483 g/mol. The number of carbonyl (C=O) groups is 2. The predicted molar refractivity (Wildman–Crippen MR) is 141 cm³/mol. The third-order valence-electron chi connectivity index (χ3n) is 8.05. The molecule has 2 aliphatic rings. The third kappa shape index (κ3) is 4.08. The first-order valence-electron chi connectivity index (χ1n) is 12.7. The van der Waals surface area contributed by atoms with Crippen LogP contribution in [0.3, 0.4) is 0 Å². The van der Waals surface area contributed by atoms with Crippen molar-refractivity contribution in [1.29, 1.82) is 0 Å². The van der Waals surface area contributed by atoms with Crippen molar-refractivity contribution in [2.75, 3.05) is 5.32 Å². The van der Waals surface area contributed by atoms with Gasteiger partial charge in [0.1, 0.15) is 17.6 Å². The molecule has 4 aromatic rings. The molecule has 3 heterocycles. The minimum Gasteiger partial charge on any atom is -0.364 e. The van der Waals surface area contributed by atoms with Gasteiger partial charge in [0, 0.05) is 36.6 Å². The van der Waals surface area contributed by atoms with E-state index >= 15 is 0 Å². The van der Waals surface area contributed by atoms with E-state index in [1.165, 1.54) is 10.7 Å². The second-order valence-electron chi connectivity index (χ2n) is 10.5. The van der Waals surface area contributed by atoms with Crippen LogP contribution in [0, 0.1) is 25.1 Å². The molecule has 6 rings (SSSR count). The van der Waals surface area contributed by atoms with Gasteiger partial charge in [0.2, 0.25) is 5.91 Å². The second kappa shape index (κ2) is 8.93. The summed E-state index contributed by atoms with van der Waals surface area (Å²) < 4.78 is 15.5. The Morgan fingerprint density at radius 3 is 2.63 bits per heavy atom. The van der Waals surface area contributed by atoms with E-state index in [-0.39, 0.29) is 29.0 Å². The number of benzene rings is 1. The summed E-state index contributed by atoms with van der Waals surface area (Å²) in [5, 5.41) is 10.1. The average molecular weight is 513 g/mol. The molecule has 194 valence electrons. The Balaban J connectivity index is 1.32. The molecule has 1 spiro atoms. The zero-order valence-corrected chi connectivity index (χ0v) is 21.5. The molecule has 1 fully saturated rings. The third-order valence-corrected chi connectivity index (χ3v) is 8.05. The zero-order valence-electron chi connectivity index (χ0n) is 21.5. The van der Waals surface area contributed by atoms with Crippen molar-refractivity contribution >= 4 is 17.5 Å². The summed E-state index contributed by atoms with van der Waals surface area (Å²) in [6.45, 7) is 4.01. The lowest BCUT2D eigenvalue weighted by Crippen LogP contribution is -2.49. The molecule has 1 unspecified atom stereocenters. The van der Waals surface area contributed by atoms with Gasteiger partial charge in [0.25, 0.3) is 5.91 Å². The Kier molecular flexibility index (Phi) is 5.66. The van der Waals surface area contributed by atoms with Crippen LogP contribution in [0.1, 0.15) is 51.6 Å². The van der Waals surface area contributed by atoms with Crippen LogP contribution in [-0.4, -0.2) is 37.6 Å². The lowest BCUT2D eigenvalue weighted by Gasteiger charge is -2.29. The van der Waals surface area contributed by atoms with E-state index in [4.69, 9.17) is 0 Å². The molecule has 38 heavy (non-hydrogen) atoms. The molecule has 0 radical (unpaired) electrons. The number of fused-ring (bicyclic) bond motifs is 1. The fourth-order valence-electron chi connectivity index (χ4n) is 6.03. The Morgan fingerprint density at radius 2 is 2.00 bits per heavy atom. The maximum absolute atomic E-state index is 14.1. The minimum absolute atomic E-state index is 0.163. The van der Waals surface area contributed by atoms with Crippen molar-refractivity contribution in [3.05, 3.63) is 88.9 Å². The average Bonchev–Trinajstić information content (AvgIpc) is 3.21. The Labute approximate surface area is 219 Å². The quantitative estimate of drug-likeness (QED) is 0.356. The summed E-state index contributed by atoms with van der Waals surface area (Å²) >= 11 is 0. The van der Waals surface area contributed by atoms with E-state index in [0.29, 0.717) is 17.8 Å². The summed E-state index contributed by atoms with van der Waals surface area (Å²) in [6, 6.07) is 9.19. The van der Waals surface area contributed by atoms with Crippen molar-refractivity contribution in [1.82, 2.24) is 25.1 Å². The van der Waals surface area contributed by atoms with Gasteiger partial charge in [-0.05, 0) is 85.5 Å². The van der Waals surface area contributed by atoms with Crippen molar-refractivity contribution in [2.24, 2.45) is 12.5 Å². The maximum Gasteiger partial charge on any atom is 0.270 e. The number of anilines is 1. The van der Waals surface area contributed by atoms with Gasteiger partial charge in [-0.1, -0.05) is 6.07 Å². The number of rotatable bonds is 6. The predicted octanol–water partition coefficient (Wildman–Crippen LogP) is 4.42. The van der Waals surface area contributed by atoms with E-state index < -0.39 is 6.04 Å². The van der Waals surface area contributed by atoms with Gasteiger partial charge in [-0.15, -0.1) is 0 Å². The Bertz CT molecular complexity index is 1530. The lowest BCUT2D eigenvalue weighted by atomic mass is 9.82. The lowest BCUT2D eigenvalue weighted by molar-refractivity contribution is -0.118. The molecule has 0 saturated heterocycles. The first-order valence-corrected chi connectivity index (χ1v) is 12.7. The zero-order chi connectivity index (χ0) is 26.6. The standard InChI is InChI=1S/C29H29FN6O2/c1-16-14-31-17(2)24(16)22-7-5-20(15-32-22)34-28(38)26(35-27(37)23-8-11-33-36(23)3)25-21-6-4-19(30)12-18(21)13-29(25)9-10-29/h4-8,11-12,14-15,25-26,31H,9-10,13H2,1-3H3,(H,34,38)(H,35,37)/t25?,26-/m0/s1. The highest BCUT2D eigenvalue weighted by molar-refractivity contribution is 6.01. The number of carbonyl (C=O) groups excluding carboxylic acids is 2. The second-order valence-corrected chi connectivity index (χ2v) is 10.5. The van der Waals surface area contributed by atoms with Gasteiger partial charge in [0.05, 0.1) is 17.6 Å². The van der Waals surface area contributed by atoms with Crippen molar-refractivity contribution < 1.29 is 14.0 Å². The van der Waals surface area contributed by atoms with E-state index in [1.54, 1.807) is 37.6 Å². The molecule has 1 aromatic carbocycles. The smallest absolute Gasteiger partial charge is 0.270 e. The number of aromatic amines is 1. The van der Waals surface area contributed by atoms with Crippen molar-refractivity contribution in [2.45, 2.75) is 45.1 Å². The number of hydrogen-bond acceptors (Lipinski definition) is 4. The summed E-state index contributed by atoms with van der Waals surface area (Å²) in [7, 11) is 1.68. The highest BCUT2D eigenvalue weighted by Crippen LogP contribution is 2.64. The Hall–Kier alpha value is -4.27. The number of nitrogens with zero attached hydrogens (tertiary/aromatic N) is 3. The summed E-state index contributed by atoms with van der Waals surface area (Å²) in [4.78, 5) is 34.9. The van der Waals surface area contributed by atoms with E-state index in [9.17, 15) is 14.0 Å². The largest absolute Gasteiger partial charge is 0.364 e. The topological polar surface area (TPSA) is 105 Å². The van der Waals surface area contributed by atoms with Crippen LogP contribution < -0.4 is 10.6 Å². The van der Waals surface area contributed by atoms with Gasteiger partial charge >= 0.3 is 0 Å². The number of pyridine rings is 1. The number of aryl methyl sites for hydroxylation is 3. The van der Waals surface area contributed by atoms with Gasteiger partial charge in [0.15, 0.2) is 0 Å². The van der Waals surface area contributed by atoms with Crippen LogP contribution in [0.4, 0.5) is 10.1 Å². The highest BCUT2D eigenvalue weighted by Gasteiger charge is 2.58. The number of halogens is 1. The van der Waals surface area contributed by atoms with E-state index in [0.717, 1.165) is 46.5 Å². The molecule has 2 amide bonds. The number of aromatic nitrogens is 4. The van der Waals surface area contributed by atoms with Crippen molar-refractivity contribution in [3.8, 4) is 11.3 Å². The first kappa shape index (κ1) is 24.1. The van der Waals surface area contributed by atoms with Gasteiger partial charge in [-0.3, -0.25) is 19.3 Å². The van der Waals surface area contributed by atoms with Crippen molar-refractivity contribution in [3.63, 3.8) is 0 Å². The molecule has 8 nitrogen and oxygen atoms in total. The first-order chi connectivity index (χ1) is 18.3.